The second-order valence-corrected chi connectivity index (χ2v) is 11.4. The number of fused-ring (bicyclic) bond motifs is 4. The van der Waals surface area contributed by atoms with Gasteiger partial charge in [0.1, 0.15) is 11.4 Å². The highest BCUT2D eigenvalue weighted by Crippen LogP contribution is 2.41. The van der Waals surface area contributed by atoms with E-state index >= 15 is 0 Å². The minimum absolute atomic E-state index is 0.127. The van der Waals surface area contributed by atoms with Crippen molar-refractivity contribution in [2.75, 3.05) is 10.6 Å². The molecule has 0 saturated carbocycles. The number of halogens is 1. The highest BCUT2D eigenvalue weighted by Gasteiger charge is 2.43. The Morgan fingerprint density at radius 2 is 1.52 bits per heavy atom. The number of rotatable bonds is 7. The van der Waals surface area contributed by atoms with E-state index in [1.165, 1.54) is 13.8 Å². The molecule has 6 rings (SSSR count). The van der Waals surface area contributed by atoms with Crippen LogP contribution < -0.4 is 20.7 Å². The number of hydrogen-bond donors (Lipinski definition) is 3. The van der Waals surface area contributed by atoms with Gasteiger partial charge in [-0.2, -0.15) is 0 Å². The van der Waals surface area contributed by atoms with E-state index in [1.54, 1.807) is 4.90 Å². The van der Waals surface area contributed by atoms with Gasteiger partial charge in [-0.25, -0.2) is 0 Å². The predicted octanol–water partition coefficient (Wildman–Crippen LogP) is 5.87. The Hall–Kier alpha value is -4.63. The minimum atomic E-state index is -0.544. The predicted molar refractivity (Wildman–Crippen MR) is 166 cm³/mol. The highest BCUT2D eigenvalue weighted by atomic mass is 79.9. The molecule has 0 fully saturated rings. The lowest BCUT2D eigenvalue weighted by Crippen LogP contribution is -2.41. The fourth-order valence-corrected chi connectivity index (χ4v) is 5.87. The fourth-order valence-electron chi connectivity index (χ4n) is 5.49. The summed E-state index contributed by atoms with van der Waals surface area (Å²) in [6.45, 7) is 3.73. The van der Waals surface area contributed by atoms with Gasteiger partial charge in [0.15, 0.2) is 6.23 Å². The molecule has 0 aromatic heterocycles. The van der Waals surface area contributed by atoms with Crippen LogP contribution in [0.1, 0.15) is 30.5 Å². The van der Waals surface area contributed by atoms with Gasteiger partial charge >= 0.3 is 0 Å². The molecule has 212 valence electrons. The molecule has 0 bridgehead atoms. The first-order chi connectivity index (χ1) is 20.2. The molecular weight excluding hydrogens is 596 g/mol. The minimum Gasteiger partial charge on any atom is -0.466 e. The summed E-state index contributed by atoms with van der Waals surface area (Å²) in [6, 6.07) is 25.2. The third kappa shape index (κ3) is 5.60. The van der Waals surface area contributed by atoms with Crippen LogP contribution in [0.5, 0.6) is 5.75 Å². The van der Waals surface area contributed by atoms with Gasteiger partial charge in [-0.05, 0) is 64.4 Å². The van der Waals surface area contributed by atoms with Gasteiger partial charge in [0.2, 0.25) is 11.8 Å². The Kier molecular flexibility index (Phi) is 7.43. The molecule has 4 aromatic carbocycles. The lowest BCUT2D eigenvalue weighted by Gasteiger charge is -2.32. The normalized spacial score (nSPS) is 15.6. The van der Waals surface area contributed by atoms with Crippen LogP contribution >= 0.6 is 15.9 Å². The van der Waals surface area contributed by atoms with Crippen molar-refractivity contribution >= 4 is 55.8 Å². The molecule has 0 saturated heterocycles. The van der Waals surface area contributed by atoms with Crippen molar-refractivity contribution in [2.24, 2.45) is 0 Å². The zero-order chi connectivity index (χ0) is 29.4. The Morgan fingerprint density at radius 3 is 2.17 bits per heavy atom. The number of nitrogens with one attached hydrogen (secondary N) is 3. The zero-order valence-corrected chi connectivity index (χ0v) is 24.7. The summed E-state index contributed by atoms with van der Waals surface area (Å²) in [5.41, 5.74) is 5.81. The summed E-state index contributed by atoms with van der Waals surface area (Å²) < 4.78 is 7.56. The molecule has 3 N–H and O–H groups in total. The summed E-state index contributed by atoms with van der Waals surface area (Å²) >= 11 is 3.56. The summed E-state index contributed by atoms with van der Waals surface area (Å²) in [7, 11) is 0. The van der Waals surface area contributed by atoms with Crippen LogP contribution in [-0.2, 0) is 33.9 Å². The largest absolute Gasteiger partial charge is 0.466 e. The van der Waals surface area contributed by atoms with E-state index in [-0.39, 0.29) is 17.7 Å². The molecule has 0 spiro atoms. The van der Waals surface area contributed by atoms with Crippen LogP contribution in [0.3, 0.4) is 0 Å². The van der Waals surface area contributed by atoms with E-state index in [9.17, 15) is 14.4 Å². The summed E-state index contributed by atoms with van der Waals surface area (Å²) in [5, 5.41) is 11.1. The third-order valence-electron chi connectivity index (χ3n) is 7.40. The van der Waals surface area contributed by atoms with Crippen molar-refractivity contribution < 1.29 is 19.1 Å². The Morgan fingerprint density at radius 1 is 0.881 bits per heavy atom. The SMILES string of the molecule is CC(=O)Nc1ccc(CNC2=C3Cc4c(ccc5cc(Br)ccc45)OC3N(Cc3ccc(NC(C)=O)cc3)C2=O)cc1. The molecule has 8 nitrogen and oxygen atoms in total. The van der Waals surface area contributed by atoms with Gasteiger partial charge in [0, 0.05) is 60.3 Å². The number of carbonyl (C=O) groups excluding carboxylic acids is 3. The van der Waals surface area contributed by atoms with E-state index in [1.807, 2.05) is 66.7 Å². The van der Waals surface area contributed by atoms with Gasteiger partial charge in [-0.1, -0.05) is 52.3 Å². The molecular formula is C33H29BrN4O4. The molecule has 2 aliphatic heterocycles. The average molecular weight is 626 g/mol. The maximum absolute atomic E-state index is 14.0. The summed E-state index contributed by atoms with van der Waals surface area (Å²) in [4.78, 5) is 38.5. The van der Waals surface area contributed by atoms with E-state index < -0.39 is 6.23 Å². The smallest absolute Gasteiger partial charge is 0.273 e. The van der Waals surface area contributed by atoms with Crippen LogP contribution in [0.2, 0.25) is 0 Å². The van der Waals surface area contributed by atoms with Crippen LogP contribution in [0, 0.1) is 0 Å². The van der Waals surface area contributed by atoms with Crippen molar-refractivity contribution in [2.45, 2.75) is 39.6 Å². The first-order valence-corrected chi connectivity index (χ1v) is 14.4. The Balaban J connectivity index is 1.31. The molecule has 2 heterocycles. The van der Waals surface area contributed by atoms with Crippen LogP contribution in [0.15, 0.2) is 94.6 Å². The Bertz CT molecular complexity index is 1750. The van der Waals surface area contributed by atoms with E-state index in [4.69, 9.17) is 4.74 Å². The van der Waals surface area contributed by atoms with Gasteiger partial charge in [-0.3, -0.25) is 19.3 Å². The molecule has 42 heavy (non-hydrogen) atoms. The van der Waals surface area contributed by atoms with E-state index in [2.05, 4.69) is 44.0 Å². The first kappa shape index (κ1) is 27.5. The summed E-state index contributed by atoms with van der Waals surface area (Å²) in [5.74, 6) is 0.376. The molecule has 9 heteroatoms. The van der Waals surface area contributed by atoms with Gasteiger partial charge in [0.05, 0.1) is 0 Å². The van der Waals surface area contributed by atoms with Crippen molar-refractivity contribution in [3.05, 3.63) is 111 Å². The van der Waals surface area contributed by atoms with Crippen LogP contribution in [0.25, 0.3) is 10.8 Å². The number of anilines is 2. The second-order valence-electron chi connectivity index (χ2n) is 10.5. The molecule has 0 radical (unpaired) electrons. The van der Waals surface area contributed by atoms with Crippen molar-refractivity contribution in [3.63, 3.8) is 0 Å². The van der Waals surface area contributed by atoms with E-state index in [0.717, 1.165) is 48.9 Å². The molecule has 4 aromatic rings. The number of carbonyl (C=O) groups is 3. The number of hydrogen-bond acceptors (Lipinski definition) is 5. The maximum Gasteiger partial charge on any atom is 0.273 e. The molecule has 2 aliphatic rings. The van der Waals surface area contributed by atoms with Crippen molar-refractivity contribution in [3.8, 4) is 5.75 Å². The quantitative estimate of drug-likeness (QED) is 0.239. The topological polar surface area (TPSA) is 99.8 Å². The van der Waals surface area contributed by atoms with Crippen molar-refractivity contribution in [1.29, 1.82) is 0 Å². The molecule has 3 amide bonds. The third-order valence-corrected chi connectivity index (χ3v) is 7.90. The monoisotopic (exact) mass is 624 g/mol. The average Bonchev–Trinajstić information content (AvgIpc) is 3.21. The van der Waals surface area contributed by atoms with Crippen molar-refractivity contribution in [1.82, 2.24) is 10.2 Å². The number of ether oxygens (including phenoxy) is 1. The standard InChI is InChI=1S/C33H29BrN4O4/c1-19(39)36-25-9-3-21(4-10-25)17-35-31-29-16-28-27-13-8-24(34)15-23(27)7-14-30(28)42-33(29)38(32(31)41)18-22-5-11-26(12-6-22)37-20(2)40/h3-15,33,35H,16-18H2,1-2H3,(H,36,39)(H,37,40). The maximum atomic E-state index is 14.0. The zero-order valence-electron chi connectivity index (χ0n) is 23.2. The van der Waals surface area contributed by atoms with Crippen LogP contribution in [-0.4, -0.2) is 28.8 Å². The fraction of sp³-hybridized carbons (Fsp3) is 0.182. The highest BCUT2D eigenvalue weighted by molar-refractivity contribution is 9.10. The first-order valence-electron chi connectivity index (χ1n) is 13.6. The Labute approximate surface area is 251 Å². The summed E-state index contributed by atoms with van der Waals surface area (Å²) in [6.07, 6.45) is 0.0320. The molecule has 0 aliphatic carbocycles. The lowest BCUT2D eigenvalue weighted by molar-refractivity contribution is -0.132. The number of amides is 3. The lowest BCUT2D eigenvalue weighted by atomic mass is 9.94. The van der Waals surface area contributed by atoms with Gasteiger partial charge in [0.25, 0.3) is 5.91 Å². The van der Waals surface area contributed by atoms with Gasteiger partial charge in [-0.15, -0.1) is 0 Å². The number of nitrogens with zero attached hydrogens (tertiary/aromatic N) is 1. The molecule has 1 unspecified atom stereocenters. The van der Waals surface area contributed by atoms with Gasteiger partial charge < -0.3 is 20.7 Å². The second kappa shape index (κ2) is 11.3. The molecule has 1 atom stereocenters. The number of benzene rings is 4. The van der Waals surface area contributed by atoms with Crippen LogP contribution in [0.4, 0.5) is 11.4 Å². The van der Waals surface area contributed by atoms with E-state index in [0.29, 0.717) is 30.9 Å².